The molecule has 5 nitrogen and oxygen atoms in total. The number of nitrogens with zero attached hydrogens (tertiary/aromatic N) is 2. The van der Waals surface area contributed by atoms with Crippen LogP contribution in [0.4, 0.5) is 5.69 Å². The SMILES string of the molecule is COc1ccccc1Oc1nccc2c(N3CCCNCC3)cccc12. The molecule has 1 aliphatic rings. The predicted molar refractivity (Wildman–Crippen MR) is 105 cm³/mol. The molecule has 0 amide bonds. The summed E-state index contributed by atoms with van der Waals surface area (Å²) in [7, 11) is 1.64. The smallest absolute Gasteiger partial charge is 0.227 e. The van der Waals surface area contributed by atoms with Gasteiger partial charge in [0.1, 0.15) is 0 Å². The van der Waals surface area contributed by atoms with E-state index < -0.39 is 0 Å². The number of nitrogens with one attached hydrogen (secondary N) is 1. The number of aromatic nitrogens is 1. The Balaban J connectivity index is 1.74. The molecule has 1 aromatic heterocycles. The van der Waals surface area contributed by atoms with Crippen molar-refractivity contribution in [3.05, 3.63) is 54.7 Å². The number of para-hydroxylation sites is 2. The summed E-state index contributed by atoms with van der Waals surface area (Å²) in [6.45, 7) is 4.14. The standard InChI is InChI=1S/C21H23N3O2/c1-25-19-8-2-3-9-20(19)26-21-17-6-4-7-18(16(17)10-12-23-21)24-14-5-11-22-13-15-24/h2-4,6-10,12,22H,5,11,13-15H2,1H3. The van der Waals surface area contributed by atoms with Crippen molar-refractivity contribution in [3.63, 3.8) is 0 Å². The summed E-state index contributed by atoms with van der Waals surface area (Å²) in [5.74, 6) is 1.96. The number of anilines is 1. The minimum Gasteiger partial charge on any atom is -0.493 e. The number of ether oxygens (including phenoxy) is 2. The molecule has 0 aliphatic carbocycles. The van der Waals surface area contributed by atoms with Crippen molar-refractivity contribution in [3.8, 4) is 17.4 Å². The van der Waals surface area contributed by atoms with Gasteiger partial charge in [-0.1, -0.05) is 18.2 Å². The zero-order valence-corrected chi connectivity index (χ0v) is 14.9. The summed E-state index contributed by atoms with van der Waals surface area (Å²) in [4.78, 5) is 6.91. The van der Waals surface area contributed by atoms with Crippen LogP contribution < -0.4 is 19.7 Å². The summed E-state index contributed by atoms with van der Waals surface area (Å²) >= 11 is 0. The van der Waals surface area contributed by atoms with Gasteiger partial charge in [0.25, 0.3) is 0 Å². The predicted octanol–water partition coefficient (Wildman–Crippen LogP) is 3.84. The molecule has 1 aliphatic heterocycles. The van der Waals surface area contributed by atoms with Crippen LogP contribution in [0.1, 0.15) is 6.42 Å². The Kier molecular flexibility index (Phi) is 4.88. The van der Waals surface area contributed by atoms with E-state index in [1.165, 1.54) is 5.69 Å². The average Bonchev–Trinajstić information content (AvgIpc) is 2.98. The van der Waals surface area contributed by atoms with Crippen LogP contribution >= 0.6 is 0 Å². The number of methoxy groups -OCH3 is 1. The Labute approximate surface area is 153 Å². The second-order valence-corrected chi connectivity index (χ2v) is 6.33. The highest BCUT2D eigenvalue weighted by Gasteiger charge is 2.15. The maximum Gasteiger partial charge on any atom is 0.227 e. The van der Waals surface area contributed by atoms with Gasteiger partial charge in [-0.15, -0.1) is 0 Å². The van der Waals surface area contributed by atoms with Crippen LogP contribution in [-0.2, 0) is 0 Å². The van der Waals surface area contributed by atoms with Crippen molar-refractivity contribution in [1.29, 1.82) is 0 Å². The molecule has 0 spiro atoms. The van der Waals surface area contributed by atoms with Crippen LogP contribution in [-0.4, -0.2) is 38.3 Å². The van der Waals surface area contributed by atoms with E-state index in [-0.39, 0.29) is 0 Å². The Hall–Kier alpha value is -2.79. The summed E-state index contributed by atoms with van der Waals surface area (Å²) in [6, 6.07) is 16.0. The number of fused-ring (bicyclic) bond motifs is 1. The normalized spacial score (nSPS) is 14.9. The lowest BCUT2D eigenvalue weighted by Gasteiger charge is -2.24. The molecule has 0 saturated carbocycles. The number of rotatable bonds is 4. The van der Waals surface area contributed by atoms with Crippen molar-refractivity contribution >= 4 is 16.5 Å². The zero-order chi connectivity index (χ0) is 17.8. The highest BCUT2D eigenvalue weighted by atomic mass is 16.5. The summed E-state index contributed by atoms with van der Waals surface area (Å²) < 4.78 is 11.5. The van der Waals surface area contributed by atoms with Crippen LogP contribution in [0.2, 0.25) is 0 Å². The van der Waals surface area contributed by atoms with E-state index >= 15 is 0 Å². The fourth-order valence-electron chi connectivity index (χ4n) is 3.41. The van der Waals surface area contributed by atoms with Crippen molar-refractivity contribution in [1.82, 2.24) is 10.3 Å². The van der Waals surface area contributed by atoms with Crippen LogP contribution in [0, 0.1) is 0 Å². The van der Waals surface area contributed by atoms with Gasteiger partial charge >= 0.3 is 0 Å². The summed E-state index contributed by atoms with van der Waals surface area (Å²) in [5.41, 5.74) is 1.23. The van der Waals surface area contributed by atoms with E-state index in [1.54, 1.807) is 7.11 Å². The molecule has 134 valence electrons. The van der Waals surface area contributed by atoms with Gasteiger partial charge in [-0.05, 0) is 43.3 Å². The third-order valence-corrected chi connectivity index (χ3v) is 4.70. The van der Waals surface area contributed by atoms with Gasteiger partial charge in [-0.2, -0.15) is 0 Å². The first-order valence-corrected chi connectivity index (χ1v) is 9.01. The second kappa shape index (κ2) is 7.62. The number of hydrogen-bond acceptors (Lipinski definition) is 5. The maximum absolute atomic E-state index is 6.11. The van der Waals surface area contributed by atoms with Crippen molar-refractivity contribution < 1.29 is 9.47 Å². The zero-order valence-electron chi connectivity index (χ0n) is 14.9. The molecule has 1 saturated heterocycles. The van der Waals surface area contributed by atoms with Crippen molar-refractivity contribution in [2.75, 3.05) is 38.2 Å². The highest BCUT2D eigenvalue weighted by Crippen LogP contribution is 2.36. The quantitative estimate of drug-likeness (QED) is 0.775. The second-order valence-electron chi connectivity index (χ2n) is 6.33. The third kappa shape index (κ3) is 3.30. The molecule has 5 heteroatoms. The highest BCUT2D eigenvalue weighted by molar-refractivity contribution is 5.97. The van der Waals surface area contributed by atoms with E-state index in [1.807, 2.05) is 30.5 Å². The van der Waals surface area contributed by atoms with Gasteiger partial charge < -0.3 is 19.7 Å². The lowest BCUT2D eigenvalue weighted by atomic mass is 10.1. The van der Waals surface area contributed by atoms with Gasteiger partial charge in [-0.25, -0.2) is 4.98 Å². The van der Waals surface area contributed by atoms with E-state index in [2.05, 4.69) is 39.5 Å². The minimum absolute atomic E-state index is 0.599. The first-order chi connectivity index (χ1) is 12.9. The topological polar surface area (TPSA) is 46.6 Å². The van der Waals surface area contributed by atoms with E-state index in [9.17, 15) is 0 Å². The molecule has 1 N–H and O–H groups in total. The molecule has 0 radical (unpaired) electrons. The molecule has 1 fully saturated rings. The molecule has 0 bridgehead atoms. The number of benzene rings is 2. The largest absolute Gasteiger partial charge is 0.493 e. The lowest BCUT2D eigenvalue weighted by molar-refractivity contribution is 0.376. The molecule has 3 aromatic rings. The van der Waals surface area contributed by atoms with Gasteiger partial charge in [0.05, 0.1) is 7.11 Å². The lowest BCUT2D eigenvalue weighted by Crippen LogP contribution is -2.27. The first kappa shape index (κ1) is 16.7. The van der Waals surface area contributed by atoms with Crippen LogP contribution in [0.5, 0.6) is 17.4 Å². The number of pyridine rings is 1. The fourth-order valence-corrected chi connectivity index (χ4v) is 3.41. The van der Waals surface area contributed by atoms with Crippen LogP contribution in [0.15, 0.2) is 54.7 Å². The van der Waals surface area contributed by atoms with E-state index in [0.29, 0.717) is 17.4 Å². The third-order valence-electron chi connectivity index (χ3n) is 4.70. The molecule has 2 aromatic carbocycles. The fraction of sp³-hybridized carbons (Fsp3) is 0.286. The minimum atomic E-state index is 0.599. The molecule has 0 unspecified atom stereocenters. The van der Waals surface area contributed by atoms with Crippen LogP contribution in [0.25, 0.3) is 10.8 Å². The van der Waals surface area contributed by atoms with E-state index in [0.717, 1.165) is 43.4 Å². The van der Waals surface area contributed by atoms with Crippen molar-refractivity contribution in [2.24, 2.45) is 0 Å². The maximum atomic E-state index is 6.11. The molecular weight excluding hydrogens is 326 g/mol. The van der Waals surface area contributed by atoms with Gasteiger partial charge in [0, 0.05) is 42.3 Å². The van der Waals surface area contributed by atoms with Crippen LogP contribution in [0.3, 0.4) is 0 Å². The van der Waals surface area contributed by atoms with Gasteiger partial charge in [-0.3, -0.25) is 0 Å². The van der Waals surface area contributed by atoms with E-state index in [4.69, 9.17) is 9.47 Å². The Morgan fingerprint density at radius 2 is 1.81 bits per heavy atom. The molecule has 0 atom stereocenters. The molecule has 2 heterocycles. The van der Waals surface area contributed by atoms with Gasteiger partial charge in [0.15, 0.2) is 11.5 Å². The first-order valence-electron chi connectivity index (χ1n) is 9.01. The monoisotopic (exact) mass is 349 g/mol. The molecule has 26 heavy (non-hydrogen) atoms. The van der Waals surface area contributed by atoms with Gasteiger partial charge in [0.2, 0.25) is 5.88 Å². The number of hydrogen-bond donors (Lipinski definition) is 1. The van der Waals surface area contributed by atoms with Crippen molar-refractivity contribution in [2.45, 2.75) is 6.42 Å². The molecular formula is C21H23N3O2. The summed E-state index contributed by atoms with van der Waals surface area (Å²) in [5, 5.41) is 5.63. The Bertz CT molecular complexity index is 889. The molecule has 4 rings (SSSR count). The summed E-state index contributed by atoms with van der Waals surface area (Å²) in [6.07, 6.45) is 2.96. The Morgan fingerprint density at radius 3 is 2.69 bits per heavy atom. The average molecular weight is 349 g/mol. The Morgan fingerprint density at radius 1 is 0.923 bits per heavy atom.